The van der Waals surface area contributed by atoms with Crippen LogP contribution in [-0.4, -0.2) is 41.7 Å². The molecular weight excluding hydrogens is 362 g/mol. The molecule has 5 nitrogen and oxygen atoms in total. The van der Waals surface area contributed by atoms with Gasteiger partial charge in [0.1, 0.15) is 0 Å². The molecule has 3 aliphatic carbocycles. The summed E-state index contributed by atoms with van der Waals surface area (Å²) >= 11 is 0. The van der Waals surface area contributed by atoms with E-state index in [1.807, 2.05) is 24.3 Å². The number of aliphatic hydroxyl groups excluding tert-OH is 1. The normalized spacial score (nSPS) is 27.5. The molecule has 1 aromatic rings. The number of hydrogen-bond acceptors (Lipinski definition) is 3. The van der Waals surface area contributed by atoms with Crippen LogP contribution < -0.4 is 10.6 Å². The first kappa shape index (κ1) is 20.4. The van der Waals surface area contributed by atoms with Crippen LogP contribution >= 0.6 is 0 Å². The summed E-state index contributed by atoms with van der Waals surface area (Å²) in [7, 11) is 0. The average molecular weight is 398 g/mol. The first-order valence-electron chi connectivity index (χ1n) is 11.1. The molecule has 0 aromatic heterocycles. The maximum Gasteiger partial charge on any atom is 0.319 e. The van der Waals surface area contributed by atoms with Gasteiger partial charge in [0, 0.05) is 31.4 Å². The number of nitrogens with one attached hydrogen (secondary N) is 2. The van der Waals surface area contributed by atoms with Crippen molar-refractivity contribution in [3.8, 4) is 0 Å². The van der Waals surface area contributed by atoms with Crippen LogP contribution in [0.25, 0.3) is 0 Å². The van der Waals surface area contributed by atoms with E-state index in [2.05, 4.69) is 35.5 Å². The highest BCUT2D eigenvalue weighted by molar-refractivity contribution is 5.89. The number of benzene rings is 1. The van der Waals surface area contributed by atoms with E-state index in [9.17, 15) is 9.90 Å². The summed E-state index contributed by atoms with van der Waals surface area (Å²) in [4.78, 5) is 14.9. The lowest BCUT2D eigenvalue weighted by Gasteiger charge is -2.57. The summed E-state index contributed by atoms with van der Waals surface area (Å²) < 4.78 is 0. The molecule has 1 aromatic carbocycles. The van der Waals surface area contributed by atoms with Crippen molar-refractivity contribution < 1.29 is 9.90 Å². The first-order chi connectivity index (χ1) is 13.8. The molecule has 1 saturated carbocycles. The van der Waals surface area contributed by atoms with Crippen LogP contribution in [0.4, 0.5) is 10.5 Å². The van der Waals surface area contributed by atoms with Gasteiger partial charge in [0.15, 0.2) is 0 Å². The Morgan fingerprint density at radius 2 is 2.07 bits per heavy atom. The van der Waals surface area contributed by atoms with Crippen molar-refractivity contribution in [1.82, 2.24) is 10.2 Å². The van der Waals surface area contributed by atoms with Gasteiger partial charge in [-0.2, -0.15) is 0 Å². The van der Waals surface area contributed by atoms with Crippen molar-refractivity contribution in [2.45, 2.75) is 58.6 Å². The molecule has 1 unspecified atom stereocenters. The zero-order chi connectivity index (χ0) is 20.6. The van der Waals surface area contributed by atoms with Crippen LogP contribution in [0, 0.1) is 17.3 Å². The summed E-state index contributed by atoms with van der Waals surface area (Å²) in [6.45, 7) is 9.77. The van der Waals surface area contributed by atoms with Crippen LogP contribution in [0.5, 0.6) is 0 Å². The number of allylic oxidation sites excluding steroid dienone is 1. The van der Waals surface area contributed by atoms with Gasteiger partial charge in [0.2, 0.25) is 0 Å². The number of rotatable bonds is 5. The fourth-order valence-corrected chi connectivity index (χ4v) is 5.38. The number of likely N-dealkylation sites (tertiary alicyclic amines) is 1. The number of amides is 2. The van der Waals surface area contributed by atoms with Crippen molar-refractivity contribution >= 4 is 11.7 Å². The van der Waals surface area contributed by atoms with Crippen molar-refractivity contribution in [1.29, 1.82) is 0 Å². The van der Waals surface area contributed by atoms with Gasteiger partial charge in [-0.15, -0.1) is 0 Å². The number of carbonyl (C=O) groups excluding carboxylic acids is 1. The molecule has 0 radical (unpaired) electrons. The number of urea groups is 1. The number of piperidine rings is 1. The van der Waals surface area contributed by atoms with Crippen molar-refractivity contribution in [2.75, 3.05) is 25.0 Å². The molecule has 4 aliphatic rings. The molecule has 2 bridgehead atoms. The maximum absolute atomic E-state index is 12.4. The summed E-state index contributed by atoms with van der Waals surface area (Å²) in [6, 6.07) is 7.42. The minimum Gasteiger partial charge on any atom is -0.389 e. The average Bonchev–Trinajstić information content (AvgIpc) is 2.69. The molecule has 29 heavy (non-hydrogen) atoms. The molecule has 1 saturated heterocycles. The quantitative estimate of drug-likeness (QED) is 0.649. The standard InChI is InChI=1S/C24H35N3O2/c1-16(28)17-5-4-6-21(13-17)26-23(29)25-20-9-11-27(12-10-20)15-18-7-8-19-14-22(18)24(19,2)3/h4-7,13,16,19-20,22,28H,8-12,14-15H2,1-3H3,(H2,25,26,29)/t16?,19-,22-/m0/s1. The van der Waals surface area contributed by atoms with E-state index < -0.39 is 6.10 Å². The second-order valence-corrected chi connectivity index (χ2v) is 9.77. The number of fused-ring (bicyclic) bond motifs is 1. The Hall–Kier alpha value is -1.85. The number of carbonyl (C=O) groups is 1. The van der Waals surface area contributed by atoms with Gasteiger partial charge in [-0.1, -0.05) is 37.6 Å². The lowest BCUT2D eigenvalue weighted by Crippen LogP contribution is -2.51. The second-order valence-electron chi connectivity index (χ2n) is 9.77. The molecule has 1 heterocycles. The Kier molecular flexibility index (Phi) is 5.71. The van der Waals surface area contributed by atoms with Gasteiger partial charge >= 0.3 is 6.03 Å². The molecule has 2 amide bonds. The maximum atomic E-state index is 12.4. The van der Waals surface area contributed by atoms with E-state index in [-0.39, 0.29) is 12.1 Å². The van der Waals surface area contributed by atoms with Crippen LogP contribution in [0.1, 0.15) is 58.1 Å². The Bertz CT molecular complexity index is 778. The van der Waals surface area contributed by atoms with Gasteiger partial charge in [-0.3, -0.25) is 4.90 Å². The molecule has 5 rings (SSSR count). The number of hydrogen-bond donors (Lipinski definition) is 3. The van der Waals surface area contributed by atoms with Gasteiger partial charge < -0.3 is 15.7 Å². The molecule has 3 N–H and O–H groups in total. The van der Waals surface area contributed by atoms with E-state index in [0.717, 1.165) is 49.9 Å². The number of nitrogens with zero attached hydrogens (tertiary/aromatic N) is 1. The summed E-state index contributed by atoms with van der Waals surface area (Å²) in [6.07, 6.45) is 6.58. The molecule has 0 spiro atoms. The van der Waals surface area contributed by atoms with Crippen molar-refractivity contribution in [2.24, 2.45) is 17.3 Å². The smallest absolute Gasteiger partial charge is 0.319 e. The van der Waals surface area contributed by atoms with Crippen LogP contribution in [0.15, 0.2) is 35.9 Å². The fourth-order valence-electron chi connectivity index (χ4n) is 5.38. The van der Waals surface area contributed by atoms with Gasteiger partial charge in [0.05, 0.1) is 6.10 Å². The Labute approximate surface area is 174 Å². The van der Waals surface area contributed by atoms with E-state index in [4.69, 9.17) is 0 Å². The Morgan fingerprint density at radius 1 is 1.31 bits per heavy atom. The number of aliphatic hydroxyl groups is 1. The lowest BCUT2D eigenvalue weighted by molar-refractivity contribution is -0.0113. The van der Waals surface area contributed by atoms with E-state index in [1.165, 1.54) is 12.8 Å². The first-order valence-corrected chi connectivity index (χ1v) is 11.1. The largest absolute Gasteiger partial charge is 0.389 e. The van der Waals surface area contributed by atoms with E-state index in [1.54, 1.807) is 12.5 Å². The molecule has 3 atom stereocenters. The number of anilines is 1. The summed E-state index contributed by atoms with van der Waals surface area (Å²) in [5.74, 6) is 1.67. The van der Waals surface area contributed by atoms with Gasteiger partial charge in [-0.05, 0) is 67.6 Å². The van der Waals surface area contributed by atoms with Crippen molar-refractivity contribution in [3.63, 3.8) is 0 Å². The SMILES string of the molecule is CC(O)c1cccc(NC(=O)NC2CCN(CC3=CC[C@H]4C[C@@H]3C4(C)C)CC2)c1. The molecule has 1 aliphatic heterocycles. The second kappa shape index (κ2) is 8.11. The molecule has 5 heteroatoms. The minimum absolute atomic E-state index is 0.163. The van der Waals surface area contributed by atoms with Crippen LogP contribution in [0.2, 0.25) is 0 Å². The fraction of sp³-hybridized carbons (Fsp3) is 0.625. The van der Waals surface area contributed by atoms with E-state index in [0.29, 0.717) is 11.1 Å². The highest BCUT2D eigenvalue weighted by Crippen LogP contribution is 2.59. The third-order valence-electron chi connectivity index (χ3n) is 7.54. The zero-order valence-corrected chi connectivity index (χ0v) is 17.9. The lowest BCUT2D eigenvalue weighted by atomic mass is 9.49. The van der Waals surface area contributed by atoms with Gasteiger partial charge in [-0.25, -0.2) is 4.79 Å². The van der Waals surface area contributed by atoms with E-state index >= 15 is 0 Å². The predicted octanol–water partition coefficient (Wildman–Crippen LogP) is 4.32. The Balaban J connectivity index is 1.22. The monoisotopic (exact) mass is 397 g/mol. The molecule has 158 valence electrons. The molecule has 2 fully saturated rings. The minimum atomic E-state index is -0.542. The topological polar surface area (TPSA) is 64.6 Å². The summed E-state index contributed by atoms with van der Waals surface area (Å²) in [5.41, 5.74) is 3.66. The summed E-state index contributed by atoms with van der Waals surface area (Å²) in [5, 5.41) is 15.7. The Morgan fingerprint density at radius 3 is 2.72 bits per heavy atom. The molecular formula is C24H35N3O2. The van der Waals surface area contributed by atoms with Gasteiger partial charge in [0.25, 0.3) is 0 Å². The van der Waals surface area contributed by atoms with Crippen LogP contribution in [-0.2, 0) is 0 Å². The van der Waals surface area contributed by atoms with Crippen LogP contribution in [0.3, 0.4) is 0 Å². The third kappa shape index (κ3) is 4.36. The van der Waals surface area contributed by atoms with Crippen molar-refractivity contribution in [3.05, 3.63) is 41.5 Å². The predicted molar refractivity (Wildman–Crippen MR) is 117 cm³/mol. The zero-order valence-electron chi connectivity index (χ0n) is 17.9. The third-order valence-corrected chi connectivity index (χ3v) is 7.54. The highest BCUT2D eigenvalue weighted by Gasteiger charge is 2.51. The highest BCUT2D eigenvalue weighted by atomic mass is 16.3.